The van der Waals surface area contributed by atoms with E-state index < -0.39 is 0 Å². The fourth-order valence-electron chi connectivity index (χ4n) is 2.12. The molecule has 0 bridgehead atoms. The Morgan fingerprint density at radius 1 is 1.30 bits per heavy atom. The number of aryl methyl sites for hydroxylation is 1. The van der Waals surface area contributed by atoms with Crippen LogP contribution < -0.4 is 5.32 Å². The van der Waals surface area contributed by atoms with Crippen molar-refractivity contribution in [3.8, 4) is 5.69 Å². The number of aromatic nitrogens is 2. The zero-order valence-electron chi connectivity index (χ0n) is 12.7. The van der Waals surface area contributed by atoms with Gasteiger partial charge in [-0.15, -0.1) is 0 Å². The van der Waals surface area contributed by atoms with Gasteiger partial charge in [-0.2, -0.15) is 0 Å². The summed E-state index contributed by atoms with van der Waals surface area (Å²) in [6.45, 7) is 7.88. The first-order valence-electron chi connectivity index (χ1n) is 6.99. The van der Waals surface area contributed by atoms with Gasteiger partial charge in [-0.05, 0) is 18.9 Å². The van der Waals surface area contributed by atoms with E-state index in [0.29, 0.717) is 12.5 Å². The van der Waals surface area contributed by atoms with Gasteiger partial charge in [0.15, 0.2) is 0 Å². The van der Waals surface area contributed by atoms with Crippen molar-refractivity contribution in [1.29, 1.82) is 0 Å². The normalized spacial score (nSPS) is 11.1. The number of benzene rings is 1. The van der Waals surface area contributed by atoms with Crippen LogP contribution in [0.1, 0.15) is 25.1 Å². The summed E-state index contributed by atoms with van der Waals surface area (Å²) in [6.07, 6.45) is 2.05. The Hall–Kier alpha value is -1.81. The SMILES string of the molecule is COCc1ccccc1-n1cc(C)nc1NCC(C)C. The number of hydrogen-bond acceptors (Lipinski definition) is 3. The van der Waals surface area contributed by atoms with E-state index >= 15 is 0 Å². The molecule has 4 nitrogen and oxygen atoms in total. The summed E-state index contributed by atoms with van der Waals surface area (Å²) in [5.74, 6) is 1.47. The third kappa shape index (κ3) is 3.39. The molecule has 0 aliphatic rings. The molecule has 1 aromatic carbocycles. The van der Waals surface area contributed by atoms with Crippen molar-refractivity contribution in [1.82, 2.24) is 9.55 Å². The maximum Gasteiger partial charge on any atom is 0.207 e. The van der Waals surface area contributed by atoms with E-state index in [1.54, 1.807) is 7.11 Å². The highest BCUT2D eigenvalue weighted by Crippen LogP contribution is 2.21. The average Bonchev–Trinajstić information content (AvgIpc) is 2.78. The van der Waals surface area contributed by atoms with E-state index in [1.807, 2.05) is 19.1 Å². The van der Waals surface area contributed by atoms with Crippen LogP contribution in [0.5, 0.6) is 0 Å². The van der Waals surface area contributed by atoms with Gasteiger partial charge < -0.3 is 10.1 Å². The number of ether oxygens (including phenoxy) is 1. The van der Waals surface area contributed by atoms with Crippen LogP contribution in [0.3, 0.4) is 0 Å². The van der Waals surface area contributed by atoms with Crippen molar-refractivity contribution >= 4 is 5.95 Å². The smallest absolute Gasteiger partial charge is 0.207 e. The van der Waals surface area contributed by atoms with Gasteiger partial charge in [0.05, 0.1) is 18.0 Å². The van der Waals surface area contributed by atoms with Crippen molar-refractivity contribution in [2.45, 2.75) is 27.4 Å². The van der Waals surface area contributed by atoms with E-state index in [0.717, 1.165) is 29.4 Å². The van der Waals surface area contributed by atoms with Crippen LogP contribution >= 0.6 is 0 Å². The van der Waals surface area contributed by atoms with Crippen LogP contribution in [0.4, 0.5) is 5.95 Å². The predicted molar refractivity (Wildman–Crippen MR) is 82.3 cm³/mol. The van der Waals surface area contributed by atoms with Gasteiger partial charge in [0.2, 0.25) is 5.95 Å². The zero-order chi connectivity index (χ0) is 14.5. The Bertz CT molecular complexity index is 561. The van der Waals surface area contributed by atoms with Crippen molar-refractivity contribution < 1.29 is 4.74 Å². The van der Waals surface area contributed by atoms with Gasteiger partial charge in [-0.25, -0.2) is 4.98 Å². The van der Waals surface area contributed by atoms with Crippen LogP contribution in [0.25, 0.3) is 5.69 Å². The predicted octanol–water partition coefficient (Wildman–Crippen LogP) is 3.40. The van der Waals surface area contributed by atoms with E-state index in [1.165, 1.54) is 0 Å². The third-order valence-corrected chi connectivity index (χ3v) is 3.05. The molecule has 108 valence electrons. The van der Waals surface area contributed by atoms with Crippen molar-refractivity contribution in [2.75, 3.05) is 19.0 Å². The number of hydrogen-bond donors (Lipinski definition) is 1. The van der Waals surface area contributed by atoms with Gasteiger partial charge in [-0.1, -0.05) is 32.0 Å². The molecule has 0 saturated carbocycles. The monoisotopic (exact) mass is 273 g/mol. The number of anilines is 1. The lowest BCUT2D eigenvalue weighted by atomic mass is 10.2. The first-order valence-corrected chi connectivity index (χ1v) is 6.99. The van der Waals surface area contributed by atoms with E-state index in [4.69, 9.17) is 4.74 Å². The molecule has 0 amide bonds. The molecule has 0 aliphatic carbocycles. The number of nitrogens with one attached hydrogen (secondary N) is 1. The largest absolute Gasteiger partial charge is 0.380 e. The molecule has 4 heteroatoms. The first-order chi connectivity index (χ1) is 9.61. The molecule has 1 N–H and O–H groups in total. The average molecular weight is 273 g/mol. The number of nitrogens with zero attached hydrogens (tertiary/aromatic N) is 2. The molecular formula is C16H23N3O. The Morgan fingerprint density at radius 3 is 2.75 bits per heavy atom. The van der Waals surface area contributed by atoms with Crippen LogP contribution in [0.2, 0.25) is 0 Å². The fourth-order valence-corrected chi connectivity index (χ4v) is 2.12. The summed E-state index contributed by atoms with van der Waals surface area (Å²) in [7, 11) is 1.72. The molecule has 2 rings (SSSR count). The molecular weight excluding hydrogens is 250 g/mol. The topological polar surface area (TPSA) is 39.1 Å². The summed E-state index contributed by atoms with van der Waals surface area (Å²) >= 11 is 0. The Balaban J connectivity index is 2.36. The van der Waals surface area contributed by atoms with E-state index in [-0.39, 0.29) is 0 Å². The van der Waals surface area contributed by atoms with Crippen LogP contribution in [-0.4, -0.2) is 23.2 Å². The lowest BCUT2D eigenvalue weighted by Gasteiger charge is -2.14. The number of methoxy groups -OCH3 is 1. The number of para-hydroxylation sites is 1. The zero-order valence-corrected chi connectivity index (χ0v) is 12.7. The lowest BCUT2D eigenvalue weighted by Crippen LogP contribution is -2.12. The van der Waals surface area contributed by atoms with Crippen LogP contribution in [0.15, 0.2) is 30.5 Å². The van der Waals surface area contributed by atoms with Gasteiger partial charge in [0.25, 0.3) is 0 Å². The molecule has 0 aliphatic heterocycles. The van der Waals surface area contributed by atoms with Crippen molar-refractivity contribution in [3.05, 3.63) is 41.7 Å². The van der Waals surface area contributed by atoms with E-state index in [9.17, 15) is 0 Å². The summed E-state index contributed by atoms with van der Waals surface area (Å²) in [5.41, 5.74) is 3.27. The maximum atomic E-state index is 5.28. The standard InChI is InChI=1S/C16H23N3O/c1-12(2)9-17-16-18-13(3)10-19(16)15-8-6-5-7-14(15)11-20-4/h5-8,10,12H,9,11H2,1-4H3,(H,17,18). The van der Waals surface area contributed by atoms with Gasteiger partial charge in [0.1, 0.15) is 0 Å². The molecule has 1 aromatic heterocycles. The molecule has 0 unspecified atom stereocenters. The van der Waals surface area contributed by atoms with Crippen molar-refractivity contribution in [3.63, 3.8) is 0 Å². The quantitative estimate of drug-likeness (QED) is 0.876. The summed E-state index contributed by atoms with van der Waals surface area (Å²) in [5, 5.41) is 3.41. The molecule has 0 radical (unpaired) electrons. The third-order valence-electron chi connectivity index (χ3n) is 3.05. The Kier molecular flexibility index (Phi) is 4.79. The highest BCUT2D eigenvalue weighted by atomic mass is 16.5. The molecule has 0 atom stereocenters. The Labute approximate surface area is 120 Å². The molecule has 0 saturated heterocycles. The molecule has 2 aromatic rings. The van der Waals surface area contributed by atoms with E-state index in [2.05, 4.69) is 47.0 Å². The number of imidazole rings is 1. The van der Waals surface area contributed by atoms with Crippen molar-refractivity contribution in [2.24, 2.45) is 5.92 Å². The van der Waals surface area contributed by atoms with Crippen LogP contribution in [0, 0.1) is 12.8 Å². The first kappa shape index (κ1) is 14.6. The van der Waals surface area contributed by atoms with Gasteiger partial charge >= 0.3 is 0 Å². The molecule has 1 heterocycles. The molecule has 20 heavy (non-hydrogen) atoms. The van der Waals surface area contributed by atoms with Gasteiger partial charge in [-0.3, -0.25) is 4.57 Å². The summed E-state index contributed by atoms with van der Waals surface area (Å²) < 4.78 is 7.38. The minimum atomic E-state index is 0.578. The molecule has 0 spiro atoms. The highest BCUT2D eigenvalue weighted by molar-refractivity contribution is 5.48. The summed E-state index contributed by atoms with van der Waals surface area (Å²) in [6, 6.07) is 8.25. The second-order valence-electron chi connectivity index (χ2n) is 5.41. The second kappa shape index (κ2) is 6.57. The minimum absolute atomic E-state index is 0.578. The highest BCUT2D eigenvalue weighted by Gasteiger charge is 2.11. The summed E-state index contributed by atoms with van der Waals surface area (Å²) in [4.78, 5) is 4.57. The number of rotatable bonds is 6. The lowest BCUT2D eigenvalue weighted by molar-refractivity contribution is 0.185. The Morgan fingerprint density at radius 2 is 2.05 bits per heavy atom. The van der Waals surface area contributed by atoms with Gasteiger partial charge in [0, 0.05) is 25.4 Å². The molecule has 0 fully saturated rings. The maximum absolute atomic E-state index is 5.28. The minimum Gasteiger partial charge on any atom is -0.380 e. The second-order valence-corrected chi connectivity index (χ2v) is 5.41. The van der Waals surface area contributed by atoms with Crippen LogP contribution in [-0.2, 0) is 11.3 Å². The fraction of sp³-hybridized carbons (Fsp3) is 0.438.